The zero-order chi connectivity index (χ0) is 24.6. The first-order valence-electron chi connectivity index (χ1n) is 9.46. The second kappa shape index (κ2) is 12.1. The highest BCUT2D eigenvalue weighted by molar-refractivity contribution is 7.90. The summed E-state index contributed by atoms with van der Waals surface area (Å²) in [6.45, 7) is -1.28. The van der Waals surface area contributed by atoms with E-state index in [0.29, 0.717) is 11.3 Å². The van der Waals surface area contributed by atoms with E-state index in [9.17, 15) is 22.4 Å². The number of nitrogens with one attached hydrogen (secondary N) is 1. The summed E-state index contributed by atoms with van der Waals surface area (Å²) in [5, 5.41) is 2.26. The molecule has 0 fully saturated rings. The molecule has 2 rings (SSSR count). The number of rotatable bonds is 10. The van der Waals surface area contributed by atoms with Gasteiger partial charge in [0.15, 0.2) is 20.8 Å². The molecule has 0 aliphatic heterocycles. The van der Waals surface area contributed by atoms with E-state index in [1.54, 1.807) is 24.3 Å². The number of amides is 1. The van der Waals surface area contributed by atoms with Crippen molar-refractivity contribution in [1.82, 2.24) is 5.32 Å². The Bertz CT molecular complexity index is 1050. The summed E-state index contributed by atoms with van der Waals surface area (Å²) in [6.07, 6.45) is -1.47. The molecule has 2 atom stereocenters. The molecule has 180 valence electrons. The lowest BCUT2D eigenvalue weighted by Gasteiger charge is -2.26. The number of hydrogen-bond acceptors (Lipinski definition) is 7. The van der Waals surface area contributed by atoms with Crippen molar-refractivity contribution < 1.29 is 36.6 Å². The van der Waals surface area contributed by atoms with Gasteiger partial charge in [0.1, 0.15) is 19.0 Å². The van der Waals surface area contributed by atoms with Crippen LogP contribution in [0.5, 0.6) is 5.75 Å². The van der Waals surface area contributed by atoms with Crippen molar-refractivity contribution in [2.45, 2.75) is 28.5 Å². The second-order valence-corrected chi connectivity index (χ2v) is 9.95. The minimum absolute atomic E-state index is 0.00879. The molecule has 0 saturated heterocycles. The van der Waals surface area contributed by atoms with Crippen molar-refractivity contribution in [3.05, 3.63) is 59.7 Å². The number of sulfone groups is 1. The lowest BCUT2D eigenvalue weighted by atomic mass is 10.0. The fourth-order valence-corrected chi connectivity index (χ4v) is 3.49. The van der Waals surface area contributed by atoms with Crippen LogP contribution in [0.3, 0.4) is 0 Å². The van der Waals surface area contributed by atoms with E-state index >= 15 is 0 Å². The Morgan fingerprint density at radius 1 is 1.06 bits per heavy atom. The summed E-state index contributed by atoms with van der Waals surface area (Å²) in [5.41, 5.74) is 0.858. The molecule has 0 saturated carbocycles. The third-order valence-electron chi connectivity index (χ3n) is 4.43. The molecule has 0 aliphatic carbocycles. The highest BCUT2D eigenvalue weighted by Gasteiger charge is 2.31. The quantitative estimate of drug-likeness (QED) is 0.374. The zero-order valence-corrected chi connectivity index (χ0v) is 20.0. The number of carbonyl (C=O) groups is 2. The Kier molecular flexibility index (Phi) is 9.75. The molecule has 0 spiro atoms. The molecule has 1 N–H and O–H groups in total. The number of ether oxygens (including phenoxy) is 3. The molecule has 8 nitrogen and oxygen atoms in total. The van der Waals surface area contributed by atoms with E-state index in [-0.39, 0.29) is 17.1 Å². The van der Waals surface area contributed by atoms with Crippen LogP contribution in [0.1, 0.15) is 17.2 Å². The summed E-state index contributed by atoms with van der Waals surface area (Å²) in [4.78, 5) is 22.7. The second-order valence-electron chi connectivity index (χ2n) is 6.84. The molecule has 0 aromatic heterocycles. The average Bonchev–Trinajstić information content (AvgIpc) is 2.79. The minimum Gasteiger partial charge on any atom is -0.497 e. The molecular weight excluding hydrogens is 500 g/mol. The maximum atomic E-state index is 13.8. The van der Waals surface area contributed by atoms with Gasteiger partial charge in [-0.1, -0.05) is 47.5 Å². The fourth-order valence-electron chi connectivity index (χ4n) is 2.73. The van der Waals surface area contributed by atoms with E-state index in [0.717, 1.165) is 6.26 Å². The Morgan fingerprint density at radius 3 is 2.15 bits per heavy atom. The van der Waals surface area contributed by atoms with Crippen molar-refractivity contribution in [2.75, 3.05) is 20.0 Å². The Morgan fingerprint density at radius 2 is 1.67 bits per heavy atom. The number of alkyl halides is 3. The Labute approximate surface area is 200 Å². The topological polar surface area (TPSA) is 108 Å². The van der Waals surface area contributed by atoms with Gasteiger partial charge in [-0.3, -0.25) is 4.79 Å². The van der Waals surface area contributed by atoms with Crippen LogP contribution in [0, 0.1) is 0 Å². The van der Waals surface area contributed by atoms with Gasteiger partial charge in [0, 0.05) is 6.26 Å². The van der Waals surface area contributed by atoms with Gasteiger partial charge >= 0.3 is 6.16 Å². The number of hydrogen-bond donors (Lipinski definition) is 1. The first kappa shape index (κ1) is 26.7. The Balaban J connectivity index is 2.21. The van der Waals surface area contributed by atoms with Gasteiger partial charge in [0.2, 0.25) is 0 Å². The number of methoxy groups -OCH3 is 1. The van der Waals surface area contributed by atoms with E-state index in [4.69, 9.17) is 37.4 Å². The molecule has 0 heterocycles. The van der Waals surface area contributed by atoms with Crippen LogP contribution in [-0.2, 0) is 30.7 Å². The monoisotopic (exact) mass is 521 g/mol. The van der Waals surface area contributed by atoms with Gasteiger partial charge in [-0.2, -0.15) is 0 Å². The van der Waals surface area contributed by atoms with Crippen LogP contribution in [0.4, 0.5) is 9.18 Å². The third kappa shape index (κ3) is 8.06. The number of benzene rings is 2. The van der Waals surface area contributed by atoms with Gasteiger partial charge in [-0.25, -0.2) is 17.6 Å². The summed E-state index contributed by atoms with van der Waals surface area (Å²) in [7, 11) is -1.97. The highest BCUT2D eigenvalue weighted by atomic mass is 35.5. The third-order valence-corrected chi connectivity index (χ3v) is 5.96. The van der Waals surface area contributed by atoms with Crippen LogP contribution in [0.2, 0.25) is 0 Å². The Hall–Kier alpha value is -2.56. The lowest BCUT2D eigenvalue weighted by Crippen LogP contribution is -2.44. The lowest BCUT2D eigenvalue weighted by molar-refractivity contribution is -0.121. The maximum Gasteiger partial charge on any atom is 0.509 e. The molecule has 12 heteroatoms. The first-order chi connectivity index (χ1) is 15.5. The van der Waals surface area contributed by atoms with Crippen LogP contribution < -0.4 is 10.1 Å². The molecule has 2 aromatic rings. The molecule has 0 bridgehead atoms. The fraction of sp³-hybridized carbons (Fsp3) is 0.333. The van der Waals surface area contributed by atoms with Gasteiger partial charge in [0.05, 0.1) is 18.0 Å². The van der Waals surface area contributed by atoms with Crippen LogP contribution in [0.25, 0.3) is 0 Å². The summed E-state index contributed by atoms with van der Waals surface area (Å²) in [6, 6.07) is 10.6. The standard InChI is InChI=1S/C21H22Cl2FNO7S/c1-30-15-7-3-13(4-8-15)12-31-21(27)32-18(17(11-24)25-20(26)19(22)23)14-5-9-16(10-6-14)33(2,28)29/h3-10,17-19H,11-12H2,1-2H3,(H,25,26)/t17-,18-/m1/s1. The van der Waals surface area contributed by atoms with Crippen molar-refractivity contribution in [3.8, 4) is 5.75 Å². The maximum absolute atomic E-state index is 13.8. The molecule has 1 amide bonds. The first-order valence-corrected chi connectivity index (χ1v) is 12.2. The molecule has 0 radical (unpaired) electrons. The van der Waals surface area contributed by atoms with Crippen LogP contribution in [0.15, 0.2) is 53.4 Å². The number of carbonyl (C=O) groups excluding carboxylic acids is 2. The molecular formula is C21H22Cl2FNO7S. The normalized spacial score (nSPS) is 13.2. The average molecular weight is 522 g/mol. The van der Waals surface area contributed by atoms with E-state index in [1.807, 2.05) is 0 Å². The summed E-state index contributed by atoms with van der Waals surface area (Å²) < 4.78 is 52.7. The predicted octanol–water partition coefficient (Wildman–Crippen LogP) is 3.75. The summed E-state index contributed by atoms with van der Waals surface area (Å²) >= 11 is 11.0. The van der Waals surface area contributed by atoms with Crippen molar-refractivity contribution in [2.24, 2.45) is 0 Å². The number of halogens is 3. The summed E-state index contributed by atoms with van der Waals surface area (Å²) in [5.74, 6) is -0.272. The van der Waals surface area contributed by atoms with Gasteiger partial charge in [0.25, 0.3) is 5.91 Å². The largest absolute Gasteiger partial charge is 0.509 e. The molecule has 2 aromatic carbocycles. The van der Waals surface area contributed by atoms with E-state index in [2.05, 4.69) is 5.32 Å². The van der Waals surface area contributed by atoms with Gasteiger partial charge in [-0.15, -0.1) is 0 Å². The molecule has 0 unspecified atom stereocenters. The van der Waals surface area contributed by atoms with E-state index in [1.165, 1.54) is 31.4 Å². The van der Waals surface area contributed by atoms with Crippen molar-refractivity contribution in [1.29, 1.82) is 0 Å². The van der Waals surface area contributed by atoms with E-state index < -0.39 is 45.6 Å². The van der Waals surface area contributed by atoms with Gasteiger partial charge < -0.3 is 19.5 Å². The smallest absolute Gasteiger partial charge is 0.497 e. The SMILES string of the molecule is COc1ccc(COC(=O)O[C@H](c2ccc(S(C)(=O)=O)cc2)[C@@H](CF)NC(=O)C(Cl)Cl)cc1. The molecule has 33 heavy (non-hydrogen) atoms. The van der Waals surface area contributed by atoms with Crippen LogP contribution in [-0.4, -0.2) is 51.4 Å². The van der Waals surface area contributed by atoms with Crippen molar-refractivity contribution >= 4 is 45.1 Å². The van der Waals surface area contributed by atoms with Crippen LogP contribution >= 0.6 is 23.2 Å². The highest BCUT2D eigenvalue weighted by Crippen LogP contribution is 2.25. The minimum atomic E-state index is -3.49. The molecule has 0 aliphatic rings. The zero-order valence-electron chi connectivity index (χ0n) is 17.7. The predicted molar refractivity (Wildman–Crippen MR) is 120 cm³/mol. The van der Waals surface area contributed by atoms with Crippen molar-refractivity contribution in [3.63, 3.8) is 0 Å². The van der Waals surface area contributed by atoms with Gasteiger partial charge in [-0.05, 0) is 35.4 Å².